The average molecular weight is 150 g/mol. The molecule has 56 valence electrons. The van der Waals surface area contributed by atoms with Gasteiger partial charge in [-0.15, -0.1) is 0 Å². The Morgan fingerprint density at radius 2 is 2.36 bits per heavy atom. The lowest BCUT2D eigenvalue weighted by Gasteiger charge is -2.17. The van der Waals surface area contributed by atoms with Crippen molar-refractivity contribution in [1.82, 2.24) is 4.90 Å². The van der Waals surface area contributed by atoms with Gasteiger partial charge < -0.3 is 0 Å². The Morgan fingerprint density at radius 1 is 1.64 bits per heavy atom. The minimum atomic E-state index is -0.400. The molecule has 0 saturated heterocycles. The average Bonchev–Trinajstić information content (AvgIpc) is 1.97. The Hall–Kier alpha value is -1.63. The van der Waals surface area contributed by atoms with Crippen LogP contribution in [0.5, 0.6) is 0 Å². The second kappa shape index (κ2) is 2.97. The van der Waals surface area contributed by atoms with Crippen molar-refractivity contribution in [2.24, 2.45) is 0 Å². The van der Waals surface area contributed by atoms with E-state index in [1.54, 1.807) is 6.07 Å². The summed E-state index contributed by atoms with van der Waals surface area (Å²) in [6.45, 7) is -0.151. The molecule has 0 fully saturated rings. The van der Waals surface area contributed by atoms with Crippen LogP contribution in [0.2, 0.25) is 0 Å². The van der Waals surface area contributed by atoms with Crippen molar-refractivity contribution >= 4 is 11.8 Å². The maximum atomic E-state index is 10.9. The van der Waals surface area contributed by atoms with Crippen molar-refractivity contribution in [3.63, 3.8) is 0 Å². The number of hydrogen-bond acceptors (Lipinski definition) is 3. The van der Waals surface area contributed by atoms with E-state index in [2.05, 4.69) is 0 Å². The maximum absolute atomic E-state index is 10.9. The van der Waals surface area contributed by atoms with Gasteiger partial charge in [0.25, 0.3) is 5.91 Å². The lowest BCUT2D eigenvalue weighted by Crippen LogP contribution is -2.37. The van der Waals surface area contributed by atoms with E-state index in [9.17, 15) is 9.59 Å². The van der Waals surface area contributed by atoms with Crippen LogP contribution < -0.4 is 0 Å². The number of nitriles is 1. The van der Waals surface area contributed by atoms with Gasteiger partial charge in [-0.3, -0.25) is 14.5 Å². The van der Waals surface area contributed by atoms with Crippen molar-refractivity contribution < 1.29 is 9.59 Å². The second-order valence-electron chi connectivity index (χ2n) is 2.08. The molecule has 0 bridgehead atoms. The molecule has 11 heavy (non-hydrogen) atoms. The molecule has 0 aromatic carbocycles. The number of rotatable bonds is 1. The van der Waals surface area contributed by atoms with Gasteiger partial charge in [0, 0.05) is 12.5 Å². The number of amides is 2. The van der Waals surface area contributed by atoms with Gasteiger partial charge in [0.1, 0.15) is 6.54 Å². The number of carbonyl (C=O) groups excluding carboxylic acids is 2. The summed E-state index contributed by atoms with van der Waals surface area (Å²) in [6.07, 6.45) is 3.02. The van der Waals surface area contributed by atoms with Gasteiger partial charge in [-0.1, -0.05) is 6.08 Å². The van der Waals surface area contributed by atoms with Gasteiger partial charge in [-0.25, -0.2) is 0 Å². The zero-order chi connectivity index (χ0) is 8.27. The molecule has 0 aliphatic carbocycles. The van der Waals surface area contributed by atoms with Gasteiger partial charge in [-0.05, 0) is 0 Å². The Bertz CT molecular complexity index is 262. The highest BCUT2D eigenvalue weighted by molar-refractivity contribution is 6.04. The number of hydrogen-bond donors (Lipinski definition) is 0. The summed E-state index contributed by atoms with van der Waals surface area (Å²) in [5, 5.41) is 8.23. The van der Waals surface area contributed by atoms with Crippen molar-refractivity contribution in [3.05, 3.63) is 12.2 Å². The molecule has 2 amide bonds. The predicted octanol–water partition coefficient (Wildman–Crippen LogP) is -0.175. The summed E-state index contributed by atoms with van der Waals surface area (Å²) in [5.41, 5.74) is 0. The number of carbonyl (C=O) groups is 2. The number of nitrogens with zero attached hydrogens (tertiary/aromatic N) is 2. The van der Waals surface area contributed by atoms with Gasteiger partial charge in [0.15, 0.2) is 0 Å². The van der Waals surface area contributed by atoms with Crippen LogP contribution in [0, 0.1) is 11.3 Å². The van der Waals surface area contributed by atoms with E-state index in [1.165, 1.54) is 12.2 Å². The second-order valence-corrected chi connectivity index (χ2v) is 2.08. The molecule has 1 heterocycles. The molecule has 0 radical (unpaired) electrons. The maximum Gasteiger partial charge on any atom is 0.253 e. The highest BCUT2D eigenvalue weighted by Crippen LogP contribution is 2.03. The zero-order valence-electron chi connectivity index (χ0n) is 5.78. The number of imide groups is 1. The SMILES string of the molecule is N#CCN1C(=O)C=CCC1=O. The monoisotopic (exact) mass is 150 g/mol. The van der Waals surface area contributed by atoms with Crippen LogP contribution in [0.15, 0.2) is 12.2 Å². The molecule has 1 aliphatic rings. The summed E-state index contributed by atoms with van der Waals surface area (Å²) >= 11 is 0. The van der Waals surface area contributed by atoms with Gasteiger partial charge >= 0.3 is 0 Å². The van der Waals surface area contributed by atoms with Crippen LogP contribution >= 0.6 is 0 Å². The minimum absolute atomic E-state index is 0.151. The molecular formula is C7H6N2O2. The Balaban J connectivity index is 2.77. The molecule has 0 spiro atoms. The van der Waals surface area contributed by atoms with Gasteiger partial charge in [0.05, 0.1) is 6.07 Å². The fraction of sp³-hybridized carbons (Fsp3) is 0.286. The molecule has 1 aliphatic heterocycles. The lowest BCUT2D eigenvalue weighted by molar-refractivity contribution is -0.141. The van der Waals surface area contributed by atoms with E-state index in [-0.39, 0.29) is 18.9 Å². The fourth-order valence-electron chi connectivity index (χ4n) is 0.820. The summed E-state index contributed by atoms with van der Waals surface area (Å²) in [4.78, 5) is 22.7. The van der Waals surface area contributed by atoms with Crippen molar-refractivity contribution in [3.8, 4) is 6.07 Å². The van der Waals surface area contributed by atoms with Gasteiger partial charge in [0.2, 0.25) is 5.91 Å². The zero-order valence-corrected chi connectivity index (χ0v) is 5.78. The molecule has 4 heteroatoms. The van der Waals surface area contributed by atoms with Crippen LogP contribution in [0.1, 0.15) is 6.42 Å². The molecule has 0 N–H and O–H groups in total. The van der Waals surface area contributed by atoms with E-state index in [0.29, 0.717) is 0 Å². The first kappa shape index (κ1) is 7.48. The first-order chi connectivity index (χ1) is 5.25. The summed E-state index contributed by atoms with van der Waals surface area (Å²) in [7, 11) is 0. The molecule has 1 rings (SSSR count). The van der Waals surface area contributed by atoms with Crippen molar-refractivity contribution in [2.45, 2.75) is 6.42 Å². The third-order valence-corrected chi connectivity index (χ3v) is 1.35. The van der Waals surface area contributed by atoms with Crippen LogP contribution in [0.3, 0.4) is 0 Å². The third-order valence-electron chi connectivity index (χ3n) is 1.35. The smallest absolute Gasteiger partial charge is 0.253 e. The Morgan fingerprint density at radius 3 is 2.91 bits per heavy atom. The van der Waals surface area contributed by atoms with E-state index in [4.69, 9.17) is 5.26 Å². The first-order valence-corrected chi connectivity index (χ1v) is 3.13. The third kappa shape index (κ3) is 1.44. The molecule has 0 saturated carbocycles. The standard InChI is InChI=1S/C7H6N2O2/c8-4-5-9-6(10)2-1-3-7(9)11/h1-2H,3,5H2. The minimum Gasteiger partial charge on any atom is -0.274 e. The van der Waals surface area contributed by atoms with Crippen LogP contribution in [-0.4, -0.2) is 23.3 Å². The molecular weight excluding hydrogens is 144 g/mol. The van der Waals surface area contributed by atoms with Crippen molar-refractivity contribution in [2.75, 3.05) is 6.54 Å². The highest BCUT2D eigenvalue weighted by Gasteiger charge is 2.20. The van der Waals surface area contributed by atoms with E-state index >= 15 is 0 Å². The Kier molecular flexibility index (Phi) is 2.02. The molecule has 0 aromatic rings. The van der Waals surface area contributed by atoms with E-state index in [0.717, 1.165) is 4.90 Å². The van der Waals surface area contributed by atoms with Crippen LogP contribution in [0.4, 0.5) is 0 Å². The summed E-state index contributed by atoms with van der Waals surface area (Å²) in [6, 6.07) is 1.75. The predicted molar refractivity (Wildman–Crippen MR) is 36.1 cm³/mol. The van der Waals surface area contributed by atoms with Crippen LogP contribution in [0.25, 0.3) is 0 Å². The Labute approximate surface area is 63.7 Å². The van der Waals surface area contributed by atoms with Gasteiger partial charge in [-0.2, -0.15) is 5.26 Å². The largest absolute Gasteiger partial charge is 0.274 e. The topological polar surface area (TPSA) is 61.2 Å². The quantitative estimate of drug-likeness (QED) is 0.385. The molecule has 4 nitrogen and oxygen atoms in total. The highest BCUT2D eigenvalue weighted by atomic mass is 16.2. The van der Waals surface area contributed by atoms with E-state index < -0.39 is 5.91 Å². The first-order valence-electron chi connectivity index (χ1n) is 3.13. The summed E-state index contributed by atoms with van der Waals surface area (Å²) in [5.74, 6) is -0.707. The fourth-order valence-corrected chi connectivity index (χ4v) is 0.820. The van der Waals surface area contributed by atoms with Crippen LogP contribution in [-0.2, 0) is 9.59 Å². The lowest BCUT2D eigenvalue weighted by atomic mass is 10.2. The summed E-state index contributed by atoms with van der Waals surface area (Å²) < 4.78 is 0. The molecule has 0 unspecified atom stereocenters. The van der Waals surface area contributed by atoms with E-state index in [1.807, 2.05) is 0 Å². The normalized spacial score (nSPS) is 16.8. The van der Waals surface area contributed by atoms with Crippen molar-refractivity contribution in [1.29, 1.82) is 5.26 Å². The molecule has 0 aromatic heterocycles. The molecule has 0 atom stereocenters.